The van der Waals surface area contributed by atoms with Gasteiger partial charge in [-0.1, -0.05) is 24.3 Å². The second kappa shape index (κ2) is 10.1. The van der Waals surface area contributed by atoms with Gasteiger partial charge in [-0.2, -0.15) is 4.98 Å². The number of benzene rings is 2. The Morgan fingerprint density at radius 2 is 1.94 bits per heavy atom. The number of carbonyl (C=O) groups excluding carboxylic acids is 2. The molecule has 0 saturated carbocycles. The number of esters is 1. The number of hydrogen-bond donors (Lipinski definition) is 2. The number of nitrogens with zero attached hydrogens (tertiary/aromatic N) is 3. The van der Waals surface area contributed by atoms with Crippen molar-refractivity contribution >= 4 is 47.9 Å². The van der Waals surface area contributed by atoms with E-state index in [9.17, 15) is 14.4 Å². The van der Waals surface area contributed by atoms with E-state index >= 15 is 0 Å². The molecule has 2 aromatic carbocycles. The van der Waals surface area contributed by atoms with Crippen LogP contribution in [-0.2, 0) is 14.3 Å². The van der Waals surface area contributed by atoms with E-state index in [-0.39, 0.29) is 24.3 Å². The number of rotatable bonds is 5. The molecule has 156 valence electrons. The van der Waals surface area contributed by atoms with Gasteiger partial charge in [-0.25, -0.2) is 14.8 Å². The smallest absolute Gasteiger partial charge is 0.371 e. The summed E-state index contributed by atoms with van der Waals surface area (Å²) in [5.41, 5.74) is 0.360. The topological polar surface area (TPSA) is 148 Å². The molecule has 0 amide bonds. The number of aldehydes is 1. The lowest BCUT2D eigenvalue weighted by Crippen LogP contribution is -2.07. The molecule has 0 aliphatic carbocycles. The van der Waals surface area contributed by atoms with Crippen LogP contribution in [0.15, 0.2) is 53.7 Å². The Balaban J connectivity index is 0.000000339. The number of fused-ring (bicyclic) bond motifs is 2. The van der Waals surface area contributed by atoms with Crippen LogP contribution in [-0.4, -0.2) is 38.8 Å². The number of aromatic amines is 1. The van der Waals surface area contributed by atoms with Crippen LogP contribution in [0.3, 0.4) is 0 Å². The maximum Gasteiger partial charge on any atom is 0.371 e. The van der Waals surface area contributed by atoms with Crippen molar-refractivity contribution in [3.63, 3.8) is 0 Å². The van der Waals surface area contributed by atoms with E-state index < -0.39 is 5.97 Å². The summed E-state index contributed by atoms with van der Waals surface area (Å²) in [6.45, 7) is 1.90. The lowest BCUT2D eigenvalue weighted by Gasteiger charge is -2.10. The molecule has 0 spiro atoms. The van der Waals surface area contributed by atoms with E-state index in [4.69, 9.17) is 9.90 Å². The molecule has 0 fully saturated rings. The van der Waals surface area contributed by atoms with E-state index in [0.717, 1.165) is 16.1 Å². The molecule has 10 nitrogen and oxygen atoms in total. The fourth-order valence-corrected chi connectivity index (χ4v) is 3.10. The molecule has 0 bridgehead atoms. The first-order valence-corrected chi connectivity index (χ1v) is 9.85. The minimum absolute atomic E-state index is 0.142. The Bertz CT molecular complexity index is 1320. The zero-order chi connectivity index (χ0) is 22.2. The maximum atomic E-state index is 11.4. The summed E-state index contributed by atoms with van der Waals surface area (Å²) in [6.07, 6.45) is 2.62. The van der Waals surface area contributed by atoms with E-state index in [1.54, 1.807) is 13.0 Å². The Morgan fingerprint density at radius 1 is 1.16 bits per heavy atom. The van der Waals surface area contributed by atoms with Gasteiger partial charge in [0.2, 0.25) is 6.29 Å². The number of H-pyrrole nitrogens is 1. The number of carbonyl (C=O) groups is 2. The largest absolute Gasteiger partial charge is 0.460 e. The van der Waals surface area contributed by atoms with Crippen LogP contribution in [0.1, 0.15) is 6.92 Å². The summed E-state index contributed by atoms with van der Waals surface area (Å²) >= 11 is 0. The molecule has 2 heterocycles. The Morgan fingerprint density at radius 3 is 2.61 bits per heavy atom. The molecule has 0 aliphatic rings. The van der Waals surface area contributed by atoms with Crippen molar-refractivity contribution in [3.8, 4) is 11.6 Å². The lowest BCUT2D eigenvalue weighted by molar-refractivity contribution is -0.148. The second-order valence-corrected chi connectivity index (χ2v) is 6.54. The molecular formula is C20H16N5O5P. The van der Waals surface area contributed by atoms with Crippen LogP contribution in [0.2, 0.25) is 0 Å². The van der Waals surface area contributed by atoms with Gasteiger partial charge in [-0.05, 0) is 24.4 Å². The zero-order valence-electron chi connectivity index (χ0n) is 16.2. The molecule has 4 rings (SSSR count). The number of nitrogens with one attached hydrogen (secondary N) is 2. The van der Waals surface area contributed by atoms with E-state index in [0.29, 0.717) is 25.3 Å². The number of aromatic nitrogens is 4. The average Bonchev–Trinajstić information content (AvgIpc) is 2.80. The third kappa shape index (κ3) is 5.12. The van der Waals surface area contributed by atoms with E-state index in [2.05, 4.69) is 24.7 Å². The number of ether oxygens (including phenoxy) is 2. The van der Waals surface area contributed by atoms with Gasteiger partial charge in [0.15, 0.2) is 11.2 Å². The summed E-state index contributed by atoms with van der Waals surface area (Å²) in [4.78, 5) is 45.4. The lowest BCUT2D eigenvalue weighted by atomic mass is 10.1. The first kappa shape index (κ1) is 21.7. The molecule has 0 aliphatic heterocycles. The number of hydrogen-bond acceptors (Lipinski definition) is 9. The van der Waals surface area contributed by atoms with Crippen molar-refractivity contribution in [1.82, 2.24) is 19.9 Å². The second-order valence-electron chi connectivity index (χ2n) is 5.84. The van der Waals surface area contributed by atoms with Crippen molar-refractivity contribution in [2.75, 3.05) is 6.61 Å². The molecule has 0 saturated heterocycles. The van der Waals surface area contributed by atoms with Crippen LogP contribution in [0, 0.1) is 5.16 Å². The van der Waals surface area contributed by atoms with E-state index in [1.807, 2.05) is 30.3 Å². The van der Waals surface area contributed by atoms with Gasteiger partial charge >= 0.3 is 5.97 Å². The van der Waals surface area contributed by atoms with Gasteiger partial charge in [0, 0.05) is 19.1 Å². The highest BCUT2D eigenvalue weighted by molar-refractivity contribution is 7.36. The predicted molar refractivity (Wildman–Crippen MR) is 114 cm³/mol. The fraction of sp³-hybridized carbons (Fsp3) is 0.100. The first-order valence-electron chi connectivity index (χ1n) is 8.96. The van der Waals surface area contributed by atoms with E-state index in [1.165, 1.54) is 12.5 Å². The molecule has 2 N–H and O–H groups in total. The molecule has 11 heteroatoms. The fourth-order valence-electron chi connectivity index (χ4n) is 2.64. The van der Waals surface area contributed by atoms with Crippen molar-refractivity contribution in [3.05, 3.63) is 59.3 Å². The standard InChI is InChI=1S/C16H10N5O2P.C4H6O3/c17-24-12-6-5-11(9-3-1-2-4-10(9)12)23-16-14-15(19-8-20-16)21-13(22)7-18-14;1-2-7-4(6)3-5/h1-8,17H,(H,19,20,21,22);3H,2H2,1H3. The van der Waals surface area contributed by atoms with Crippen LogP contribution in [0.5, 0.6) is 11.6 Å². The van der Waals surface area contributed by atoms with Crippen LogP contribution in [0.25, 0.3) is 21.9 Å². The van der Waals surface area contributed by atoms with Crippen molar-refractivity contribution in [2.45, 2.75) is 6.92 Å². The molecule has 0 unspecified atom stereocenters. The quantitative estimate of drug-likeness (QED) is 0.210. The van der Waals surface area contributed by atoms with Crippen molar-refractivity contribution < 1.29 is 19.1 Å². The Labute approximate surface area is 177 Å². The molecule has 0 atom stereocenters. The monoisotopic (exact) mass is 437 g/mol. The van der Waals surface area contributed by atoms with Crippen molar-refractivity contribution in [1.29, 1.82) is 5.16 Å². The molecule has 2 aromatic heterocycles. The zero-order valence-corrected chi connectivity index (χ0v) is 17.1. The van der Waals surface area contributed by atoms with Gasteiger partial charge in [0.25, 0.3) is 11.4 Å². The highest BCUT2D eigenvalue weighted by Crippen LogP contribution is 2.31. The minimum Gasteiger partial charge on any atom is -0.460 e. The Hall–Kier alpha value is -4.04. The first-order chi connectivity index (χ1) is 15.1. The third-order valence-corrected chi connectivity index (χ3v) is 4.54. The highest BCUT2D eigenvalue weighted by Gasteiger charge is 2.11. The average molecular weight is 437 g/mol. The predicted octanol–water partition coefficient (Wildman–Crippen LogP) is 2.74. The van der Waals surface area contributed by atoms with Crippen LogP contribution in [0.4, 0.5) is 0 Å². The molecule has 4 aromatic rings. The SMILES string of the molecule is CCOC(=O)C=O.N=Pc1ccc(Oc2ncnc3[nH]c(=O)cnc23)c2ccccc12. The summed E-state index contributed by atoms with van der Waals surface area (Å²) in [7, 11) is 0.441. The molecule has 31 heavy (non-hydrogen) atoms. The summed E-state index contributed by atoms with van der Waals surface area (Å²) in [6, 6.07) is 11.4. The summed E-state index contributed by atoms with van der Waals surface area (Å²) in [5, 5.41) is 10.3. The summed E-state index contributed by atoms with van der Waals surface area (Å²) in [5.74, 6) is 0.0612. The normalized spacial score (nSPS) is 10.4. The third-order valence-electron chi connectivity index (χ3n) is 3.91. The van der Waals surface area contributed by atoms with Gasteiger partial charge in [0.1, 0.15) is 12.1 Å². The van der Waals surface area contributed by atoms with Gasteiger partial charge in [0.05, 0.1) is 12.8 Å². The van der Waals surface area contributed by atoms with Gasteiger partial charge < -0.3 is 14.5 Å². The Kier molecular flexibility index (Phi) is 7.08. The molecule has 0 radical (unpaired) electrons. The van der Waals surface area contributed by atoms with Gasteiger partial charge in [-0.3, -0.25) is 14.8 Å². The van der Waals surface area contributed by atoms with Gasteiger partial charge in [-0.15, -0.1) is 0 Å². The van der Waals surface area contributed by atoms with Crippen LogP contribution >= 0.6 is 8.37 Å². The highest BCUT2D eigenvalue weighted by atomic mass is 31.1. The molecular weight excluding hydrogens is 421 g/mol. The summed E-state index contributed by atoms with van der Waals surface area (Å²) < 4.78 is 10.1. The van der Waals surface area contributed by atoms with Crippen LogP contribution < -0.4 is 15.6 Å². The van der Waals surface area contributed by atoms with Crippen molar-refractivity contribution in [2.24, 2.45) is 0 Å². The maximum absolute atomic E-state index is 11.4. The minimum atomic E-state index is -0.803.